The van der Waals surface area contributed by atoms with Gasteiger partial charge in [0.2, 0.25) is 0 Å². The van der Waals surface area contributed by atoms with Gasteiger partial charge in [-0.3, -0.25) is 4.98 Å². The van der Waals surface area contributed by atoms with Crippen LogP contribution >= 0.6 is 0 Å². The van der Waals surface area contributed by atoms with Gasteiger partial charge in [0.15, 0.2) is 0 Å². The lowest BCUT2D eigenvalue weighted by Gasteiger charge is -2.10. The number of nitriles is 1. The second kappa shape index (κ2) is 6.89. The van der Waals surface area contributed by atoms with Crippen molar-refractivity contribution < 1.29 is 13.5 Å². The van der Waals surface area contributed by atoms with Gasteiger partial charge >= 0.3 is 6.55 Å². The topological polar surface area (TPSA) is 63.7 Å². The molecule has 0 radical (unpaired) electrons. The summed E-state index contributed by atoms with van der Waals surface area (Å²) in [6.07, 6.45) is 2.14. The van der Waals surface area contributed by atoms with Crippen LogP contribution in [0, 0.1) is 11.3 Å². The van der Waals surface area contributed by atoms with Crippen molar-refractivity contribution in [2.45, 2.75) is 19.9 Å². The molecule has 2 aromatic heterocycles. The maximum absolute atomic E-state index is 13.6. The van der Waals surface area contributed by atoms with Gasteiger partial charge in [-0.05, 0) is 30.2 Å². The molecule has 2 aromatic carbocycles. The zero-order valence-corrected chi connectivity index (χ0v) is 15.3. The molecule has 0 aliphatic heterocycles. The Labute approximate surface area is 159 Å². The second-order valence-corrected chi connectivity index (χ2v) is 6.31. The Balaban J connectivity index is 2.10. The number of ether oxygens (including phenoxy) is 1. The van der Waals surface area contributed by atoms with Crippen LogP contribution in [-0.4, -0.2) is 21.9 Å². The number of aromatic nitrogens is 3. The molecule has 0 spiro atoms. The lowest BCUT2D eigenvalue weighted by molar-refractivity contribution is 0.0617. The first-order valence-electron chi connectivity index (χ1n) is 8.74. The van der Waals surface area contributed by atoms with E-state index < -0.39 is 6.55 Å². The van der Waals surface area contributed by atoms with Crippen molar-refractivity contribution in [1.82, 2.24) is 14.8 Å². The third kappa shape index (κ3) is 2.74. The van der Waals surface area contributed by atoms with Gasteiger partial charge in [-0.25, -0.2) is 4.68 Å². The number of methoxy groups -OCH3 is 1. The van der Waals surface area contributed by atoms with Gasteiger partial charge in [-0.1, -0.05) is 19.1 Å². The molecule has 0 aliphatic carbocycles. The van der Waals surface area contributed by atoms with Gasteiger partial charge in [0.05, 0.1) is 36.0 Å². The number of aryl methyl sites for hydroxylation is 1. The molecular formula is C21H16F2N4O. The Kier molecular flexibility index (Phi) is 4.40. The summed E-state index contributed by atoms with van der Waals surface area (Å²) in [6, 6.07) is 12.5. The first-order chi connectivity index (χ1) is 13.6. The fraction of sp³-hybridized carbons (Fsp3) is 0.190. The number of benzene rings is 2. The van der Waals surface area contributed by atoms with E-state index in [1.807, 2.05) is 19.1 Å². The molecule has 140 valence electrons. The number of pyridine rings is 1. The molecule has 2 heterocycles. The number of nitrogens with zero attached hydrogens (tertiary/aromatic N) is 4. The summed E-state index contributed by atoms with van der Waals surface area (Å²) in [5, 5.41) is 14.5. The zero-order chi connectivity index (χ0) is 19.8. The first-order valence-corrected chi connectivity index (χ1v) is 8.74. The maximum atomic E-state index is 13.6. The molecule has 4 rings (SSSR count). The van der Waals surface area contributed by atoms with Crippen LogP contribution in [0.25, 0.3) is 33.1 Å². The van der Waals surface area contributed by atoms with E-state index in [1.165, 1.54) is 6.20 Å². The Hall–Kier alpha value is -3.53. The fourth-order valence-corrected chi connectivity index (χ4v) is 3.41. The van der Waals surface area contributed by atoms with Gasteiger partial charge < -0.3 is 4.74 Å². The van der Waals surface area contributed by atoms with Crippen LogP contribution in [0.3, 0.4) is 0 Å². The summed E-state index contributed by atoms with van der Waals surface area (Å²) in [5.74, 6) is 0.711. The normalized spacial score (nSPS) is 11.3. The predicted molar refractivity (Wildman–Crippen MR) is 102 cm³/mol. The minimum Gasteiger partial charge on any atom is -0.496 e. The van der Waals surface area contributed by atoms with E-state index in [0.717, 1.165) is 17.4 Å². The number of rotatable bonds is 4. The highest BCUT2D eigenvalue weighted by Gasteiger charge is 2.21. The molecule has 7 heteroatoms. The molecule has 0 bridgehead atoms. The lowest BCUT2D eigenvalue weighted by atomic mass is 10.0. The van der Waals surface area contributed by atoms with Crippen molar-refractivity contribution in [3.8, 4) is 23.1 Å². The molecule has 0 N–H and O–H groups in total. The van der Waals surface area contributed by atoms with Crippen molar-refractivity contribution in [2.24, 2.45) is 0 Å². The van der Waals surface area contributed by atoms with Crippen LogP contribution in [0.5, 0.6) is 5.75 Å². The predicted octanol–water partition coefficient (Wildman–Crippen LogP) is 5.09. The molecule has 28 heavy (non-hydrogen) atoms. The summed E-state index contributed by atoms with van der Waals surface area (Å²) in [7, 11) is 1.59. The average Bonchev–Trinajstić information content (AvgIpc) is 3.13. The molecule has 4 aromatic rings. The Morgan fingerprint density at radius 2 is 1.96 bits per heavy atom. The summed E-state index contributed by atoms with van der Waals surface area (Å²) in [4.78, 5) is 4.35. The van der Waals surface area contributed by atoms with Crippen molar-refractivity contribution in [3.63, 3.8) is 0 Å². The molecule has 0 atom stereocenters. The van der Waals surface area contributed by atoms with E-state index in [9.17, 15) is 8.78 Å². The van der Waals surface area contributed by atoms with Crippen LogP contribution in [-0.2, 0) is 6.42 Å². The van der Waals surface area contributed by atoms with Gasteiger partial charge in [-0.2, -0.15) is 19.1 Å². The minimum atomic E-state index is -2.79. The summed E-state index contributed by atoms with van der Waals surface area (Å²) in [5.41, 5.74) is 3.44. The monoisotopic (exact) mass is 378 g/mol. The molecular weight excluding hydrogens is 362 g/mol. The third-order valence-electron chi connectivity index (χ3n) is 4.79. The van der Waals surface area contributed by atoms with Crippen molar-refractivity contribution in [2.75, 3.05) is 7.11 Å². The smallest absolute Gasteiger partial charge is 0.333 e. The minimum absolute atomic E-state index is 0.258. The van der Waals surface area contributed by atoms with E-state index in [4.69, 9.17) is 10.00 Å². The molecule has 0 unspecified atom stereocenters. The summed E-state index contributed by atoms with van der Waals surface area (Å²) >= 11 is 0. The third-order valence-corrected chi connectivity index (χ3v) is 4.79. The van der Waals surface area contributed by atoms with Gasteiger partial charge in [0.25, 0.3) is 0 Å². The molecule has 0 saturated carbocycles. The van der Waals surface area contributed by atoms with Crippen molar-refractivity contribution in [1.29, 1.82) is 5.26 Å². The van der Waals surface area contributed by atoms with E-state index >= 15 is 0 Å². The van der Waals surface area contributed by atoms with Gasteiger partial charge in [0.1, 0.15) is 11.4 Å². The average molecular weight is 378 g/mol. The van der Waals surface area contributed by atoms with E-state index in [-0.39, 0.29) is 5.52 Å². The lowest BCUT2D eigenvalue weighted by Crippen LogP contribution is -2.00. The van der Waals surface area contributed by atoms with E-state index in [1.54, 1.807) is 31.4 Å². The number of hydrogen-bond acceptors (Lipinski definition) is 4. The zero-order valence-electron chi connectivity index (χ0n) is 15.3. The van der Waals surface area contributed by atoms with Crippen molar-refractivity contribution in [3.05, 3.63) is 53.7 Å². The van der Waals surface area contributed by atoms with E-state index in [0.29, 0.717) is 38.2 Å². The maximum Gasteiger partial charge on any atom is 0.333 e. The van der Waals surface area contributed by atoms with E-state index in [2.05, 4.69) is 16.2 Å². The second-order valence-electron chi connectivity index (χ2n) is 6.31. The van der Waals surface area contributed by atoms with Crippen molar-refractivity contribution >= 4 is 21.8 Å². The molecule has 0 fully saturated rings. The van der Waals surface area contributed by atoms with Crippen LogP contribution in [0.1, 0.15) is 24.6 Å². The van der Waals surface area contributed by atoms with Crippen LogP contribution in [0.4, 0.5) is 8.78 Å². The quantitative estimate of drug-likeness (QED) is 0.496. The molecule has 5 nitrogen and oxygen atoms in total. The number of halogens is 2. The largest absolute Gasteiger partial charge is 0.496 e. The standard InChI is InChI=1S/C21H16F2N4O/c1-3-13-8-15-16(9-18(13)28-2)25-11-17-19(15)20(26-27(17)21(22)23)14-6-4-12(10-24)5-7-14/h4-9,11,21H,3H2,1-2H3. The summed E-state index contributed by atoms with van der Waals surface area (Å²) in [6.45, 7) is -0.792. The SMILES string of the molecule is CCc1cc2c(cc1OC)ncc1c2c(-c2ccc(C#N)cc2)nn1C(F)F. The molecule has 0 amide bonds. The number of fused-ring (bicyclic) bond motifs is 3. The van der Waals surface area contributed by atoms with Crippen LogP contribution in [0.2, 0.25) is 0 Å². The highest BCUT2D eigenvalue weighted by molar-refractivity contribution is 6.11. The molecule has 0 aliphatic rings. The Bertz CT molecular complexity index is 1220. The Morgan fingerprint density at radius 1 is 1.21 bits per heavy atom. The molecule has 0 saturated heterocycles. The fourth-order valence-electron chi connectivity index (χ4n) is 3.41. The summed E-state index contributed by atoms with van der Waals surface area (Å²) < 4.78 is 33.4. The van der Waals surface area contributed by atoms with Crippen LogP contribution in [0.15, 0.2) is 42.6 Å². The number of hydrogen-bond donors (Lipinski definition) is 0. The first kappa shape index (κ1) is 17.9. The highest BCUT2D eigenvalue weighted by Crippen LogP contribution is 2.37. The number of alkyl halides is 2. The Morgan fingerprint density at radius 3 is 2.57 bits per heavy atom. The van der Waals surface area contributed by atoms with Gasteiger partial charge in [0, 0.05) is 22.4 Å². The van der Waals surface area contributed by atoms with Gasteiger partial charge in [-0.15, -0.1) is 0 Å². The highest BCUT2D eigenvalue weighted by atomic mass is 19.3. The van der Waals surface area contributed by atoms with Crippen LogP contribution < -0.4 is 4.74 Å².